The number of carbonyl (C=O) groups is 2. The van der Waals surface area contributed by atoms with E-state index in [2.05, 4.69) is 15.6 Å². The molecule has 2 N–H and O–H groups in total. The third-order valence-electron chi connectivity index (χ3n) is 9.12. The summed E-state index contributed by atoms with van der Waals surface area (Å²) >= 11 is 12.3. The molecule has 0 spiro atoms. The molecule has 0 bridgehead atoms. The highest BCUT2D eigenvalue weighted by Crippen LogP contribution is 2.40. The molecule has 1 fully saturated rings. The Kier molecular flexibility index (Phi) is 11.9. The van der Waals surface area contributed by atoms with Gasteiger partial charge in [0.1, 0.15) is 11.6 Å². The number of nitrogens with zero attached hydrogens (tertiary/aromatic N) is 4. The summed E-state index contributed by atoms with van der Waals surface area (Å²) in [5.74, 6) is -3.97. The molecule has 1 aromatic carbocycles. The second-order valence-corrected chi connectivity index (χ2v) is 19.2. The second-order valence-electron chi connectivity index (χ2n) is 13.7. The van der Waals surface area contributed by atoms with Gasteiger partial charge in [0.2, 0.25) is 14.2 Å². The van der Waals surface area contributed by atoms with Crippen LogP contribution in [-0.4, -0.2) is 51.4 Å². The second kappa shape index (κ2) is 15.0. The summed E-state index contributed by atoms with van der Waals surface area (Å²) < 4.78 is 78.8. The van der Waals surface area contributed by atoms with Crippen LogP contribution in [0, 0.1) is 17.6 Å². The highest BCUT2D eigenvalue weighted by molar-refractivity contribution is 6.74. The van der Waals surface area contributed by atoms with E-state index in [1.807, 2.05) is 33.9 Å². The SMILES string of the molecule is CC(C)(C)[Si](C)(C)ONC(=O)C1CCC(n2ncc(C(=O)N(Cc3cc(F)cc(F)c3)CC(O)c3c(Cl)cncc3Cl)c2C(F)(F)F)CC1. The Balaban J connectivity index is 1.60. The van der Waals surface area contributed by atoms with Crippen molar-refractivity contribution in [2.45, 2.75) is 89.5 Å². The number of hydroxylamine groups is 1. The van der Waals surface area contributed by atoms with Crippen molar-refractivity contribution in [2.75, 3.05) is 6.54 Å². The van der Waals surface area contributed by atoms with E-state index in [-0.39, 0.29) is 57.8 Å². The molecule has 1 unspecified atom stereocenters. The maximum absolute atomic E-state index is 14.7. The van der Waals surface area contributed by atoms with Gasteiger partial charge in [-0.3, -0.25) is 19.3 Å². The van der Waals surface area contributed by atoms with Gasteiger partial charge in [-0.15, -0.1) is 0 Å². The standard InChI is InChI=1S/C32H38Cl2F5N5O4Si/c1-31(2,3)49(4,5)48-42-29(46)19-6-8-22(9-7-19)44-28(32(37,38)39)23(13-41-44)30(47)43(16-18-10-20(35)12-21(36)11-18)17-26(45)27-24(33)14-40-15-25(27)34/h10-15,19,22,26,45H,6-9,16-17H2,1-5H3,(H,42,46). The normalized spacial score (nSPS) is 17.9. The first-order valence-electron chi connectivity index (χ1n) is 15.5. The Morgan fingerprint density at radius 1 is 1.04 bits per heavy atom. The van der Waals surface area contributed by atoms with Gasteiger partial charge in [0.25, 0.3) is 5.91 Å². The number of halogens is 7. The van der Waals surface area contributed by atoms with Crippen LogP contribution in [-0.2, 0) is 22.0 Å². The Labute approximate surface area is 291 Å². The maximum atomic E-state index is 14.7. The quantitative estimate of drug-likeness (QED) is 0.123. The predicted molar refractivity (Wildman–Crippen MR) is 175 cm³/mol. The number of alkyl halides is 3. The zero-order valence-corrected chi connectivity index (χ0v) is 30.1. The molecule has 268 valence electrons. The molecule has 1 aliphatic carbocycles. The fourth-order valence-electron chi connectivity index (χ4n) is 5.43. The summed E-state index contributed by atoms with van der Waals surface area (Å²) in [5, 5.41) is 14.7. The molecule has 3 aromatic rings. The molecule has 0 saturated heterocycles. The van der Waals surface area contributed by atoms with Crippen molar-refractivity contribution in [3.8, 4) is 0 Å². The number of hydrogen-bond donors (Lipinski definition) is 2. The molecule has 0 aliphatic heterocycles. The fraction of sp³-hybridized carbons (Fsp3) is 0.500. The molecular formula is C32H38Cl2F5N5O4Si. The lowest BCUT2D eigenvalue weighted by molar-refractivity contribution is -0.146. The third-order valence-corrected chi connectivity index (χ3v) is 13.9. The summed E-state index contributed by atoms with van der Waals surface area (Å²) in [5.41, 5.74) is 0.293. The van der Waals surface area contributed by atoms with Crippen LogP contribution in [0.5, 0.6) is 0 Å². The van der Waals surface area contributed by atoms with Crippen LogP contribution in [0.15, 0.2) is 36.8 Å². The van der Waals surface area contributed by atoms with Crippen LogP contribution in [0.4, 0.5) is 22.0 Å². The number of amides is 2. The van der Waals surface area contributed by atoms with Crippen LogP contribution < -0.4 is 5.48 Å². The summed E-state index contributed by atoms with van der Waals surface area (Å²) in [6.45, 7) is 8.78. The van der Waals surface area contributed by atoms with Crippen molar-refractivity contribution in [1.82, 2.24) is 25.1 Å². The molecule has 0 radical (unpaired) electrons. The molecular weight excluding hydrogens is 712 g/mol. The van der Waals surface area contributed by atoms with Crippen LogP contribution in [0.25, 0.3) is 0 Å². The van der Waals surface area contributed by atoms with Crippen molar-refractivity contribution in [2.24, 2.45) is 5.92 Å². The van der Waals surface area contributed by atoms with Crippen LogP contribution in [0.1, 0.15) is 85.8 Å². The molecule has 2 amide bonds. The molecule has 2 aromatic heterocycles. The van der Waals surface area contributed by atoms with E-state index in [9.17, 15) is 36.6 Å². The molecule has 9 nitrogen and oxygen atoms in total. The number of aromatic nitrogens is 3. The van der Waals surface area contributed by atoms with Crippen LogP contribution in [0.2, 0.25) is 28.2 Å². The number of aliphatic hydroxyl groups is 1. The summed E-state index contributed by atoms with van der Waals surface area (Å²) in [4.78, 5) is 31.4. The molecule has 1 saturated carbocycles. The lowest BCUT2D eigenvalue weighted by Gasteiger charge is -2.36. The zero-order chi connectivity index (χ0) is 36.5. The van der Waals surface area contributed by atoms with Crippen molar-refractivity contribution in [3.05, 3.63) is 80.9 Å². The van der Waals surface area contributed by atoms with Gasteiger partial charge >= 0.3 is 6.18 Å². The molecule has 1 atom stereocenters. The lowest BCUT2D eigenvalue weighted by atomic mass is 9.85. The van der Waals surface area contributed by atoms with Gasteiger partial charge < -0.3 is 14.5 Å². The Morgan fingerprint density at radius 3 is 2.14 bits per heavy atom. The average molecular weight is 751 g/mol. The number of rotatable bonds is 10. The number of carbonyl (C=O) groups excluding carboxylic acids is 2. The Bertz CT molecular complexity index is 1640. The van der Waals surface area contributed by atoms with E-state index in [1.165, 1.54) is 12.4 Å². The number of hydrogen-bond acceptors (Lipinski definition) is 6. The molecule has 4 rings (SSSR count). The Hall–Kier alpha value is -3.11. The molecule has 1 aliphatic rings. The lowest BCUT2D eigenvalue weighted by Crippen LogP contribution is -2.48. The molecule has 49 heavy (non-hydrogen) atoms. The first-order chi connectivity index (χ1) is 22.7. The topological polar surface area (TPSA) is 110 Å². The number of benzene rings is 1. The van der Waals surface area contributed by atoms with Gasteiger partial charge in [-0.05, 0) is 61.5 Å². The van der Waals surface area contributed by atoms with Crippen molar-refractivity contribution < 1.29 is 41.2 Å². The van der Waals surface area contributed by atoms with E-state index in [0.29, 0.717) is 6.07 Å². The maximum Gasteiger partial charge on any atom is 0.433 e. The van der Waals surface area contributed by atoms with Crippen LogP contribution >= 0.6 is 23.2 Å². The van der Waals surface area contributed by atoms with Gasteiger partial charge in [0.05, 0.1) is 40.5 Å². The smallest absolute Gasteiger partial charge is 0.386 e. The fourth-order valence-corrected chi connectivity index (χ4v) is 6.71. The van der Waals surface area contributed by atoms with Gasteiger partial charge in [-0.1, -0.05) is 44.0 Å². The van der Waals surface area contributed by atoms with E-state index in [1.54, 1.807) is 0 Å². The van der Waals surface area contributed by atoms with E-state index in [0.717, 1.165) is 27.9 Å². The monoisotopic (exact) mass is 749 g/mol. The largest absolute Gasteiger partial charge is 0.433 e. The van der Waals surface area contributed by atoms with Crippen molar-refractivity contribution in [3.63, 3.8) is 0 Å². The van der Waals surface area contributed by atoms with Gasteiger partial charge in [0, 0.05) is 36.5 Å². The highest BCUT2D eigenvalue weighted by atomic mass is 35.5. The predicted octanol–water partition coefficient (Wildman–Crippen LogP) is 8.04. The van der Waals surface area contributed by atoms with Gasteiger partial charge in [0.15, 0.2) is 5.69 Å². The molecule has 17 heteroatoms. The number of aliphatic hydroxyl groups excluding tert-OH is 1. The minimum atomic E-state index is -5.04. The van der Waals surface area contributed by atoms with E-state index >= 15 is 0 Å². The highest BCUT2D eigenvalue weighted by Gasteiger charge is 2.44. The van der Waals surface area contributed by atoms with Crippen LogP contribution in [0.3, 0.4) is 0 Å². The number of pyridine rings is 1. The minimum absolute atomic E-state index is 0.0381. The average Bonchev–Trinajstić information content (AvgIpc) is 3.44. The summed E-state index contributed by atoms with van der Waals surface area (Å²) in [7, 11) is -2.29. The van der Waals surface area contributed by atoms with Gasteiger partial charge in [-0.25, -0.2) is 14.3 Å². The summed E-state index contributed by atoms with van der Waals surface area (Å²) in [6, 6.07) is 1.66. The first-order valence-corrected chi connectivity index (χ1v) is 19.2. The first kappa shape index (κ1) is 38.7. The zero-order valence-electron chi connectivity index (χ0n) is 27.5. The van der Waals surface area contributed by atoms with E-state index in [4.69, 9.17) is 27.7 Å². The molecule has 2 heterocycles. The third kappa shape index (κ3) is 9.17. The van der Waals surface area contributed by atoms with E-state index < -0.39 is 74.4 Å². The number of nitrogens with one attached hydrogen (secondary N) is 1. The van der Waals surface area contributed by atoms with Crippen molar-refractivity contribution >= 4 is 43.3 Å². The van der Waals surface area contributed by atoms with Gasteiger partial charge in [-0.2, -0.15) is 18.3 Å². The summed E-state index contributed by atoms with van der Waals surface area (Å²) in [6.07, 6.45) is -2.65. The Morgan fingerprint density at radius 2 is 1.61 bits per heavy atom. The van der Waals surface area contributed by atoms with Crippen molar-refractivity contribution in [1.29, 1.82) is 0 Å². The minimum Gasteiger partial charge on any atom is -0.386 e.